The molecule has 4 aromatic rings. The van der Waals surface area contributed by atoms with Crippen LogP contribution in [0.1, 0.15) is 11.1 Å². The van der Waals surface area contributed by atoms with E-state index in [9.17, 15) is 9.59 Å². The third-order valence-corrected chi connectivity index (χ3v) is 4.86. The van der Waals surface area contributed by atoms with Crippen molar-refractivity contribution >= 4 is 22.5 Å². The zero-order valence-electron chi connectivity index (χ0n) is 16.6. The molecule has 1 N–H and O–H groups in total. The van der Waals surface area contributed by atoms with Crippen molar-refractivity contribution in [3.63, 3.8) is 0 Å². The van der Waals surface area contributed by atoms with Crippen LogP contribution in [0.2, 0.25) is 0 Å². The molecule has 0 atom stereocenters. The Bertz CT molecular complexity index is 1280. The lowest BCUT2D eigenvalue weighted by atomic mass is 10.1. The summed E-state index contributed by atoms with van der Waals surface area (Å²) < 4.78 is 11.0. The largest absolute Gasteiger partial charge is 0.483 e. The van der Waals surface area contributed by atoms with Gasteiger partial charge in [-0.1, -0.05) is 24.3 Å². The molecule has 6 heteroatoms. The number of fused-ring (bicyclic) bond motifs is 1. The number of para-hydroxylation sites is 1. The summed E-state index contributed by atoms with van der Waals surface area (Å²) in [7, 11) is 0. The first-order valence-electron chi connectivity index (χ1n) is 9.50. The number of ether oxygens (including phenoxy) is 1. The van der Waals surface area contributed by atoms with Crippen molar-refractivity contribution in [2.45, 2.75) is 13.8 Å². The summed E-state index contributed by atoms with van der Waals surface area (Å²) in [6.45, 7) is 3.87. The first-order chi connectivity index (χ1) is 14.5. The number of hydrogen-bond acceptors (Lipinski definition) is 5. The van der Waals surface area contributed by atoms with E-state index in [1.54, 1.807) is 42.5 Å². The van der Waals surface area contributed by atoms with Gasteiger partial charge < -0.3 is 14.5 Å². The second-order valence-corrected chi connectivity index (χ2v) is 6.94. The van der Waals surface area contributed by atoms with E-state index in [0.29, 0.717) is 27.9 Å². The fourth-order valence-corrected chi connectivity index (χ4v) is 3.06. The average molecular weight is 400 g/mol. The Kier molecular flexibility index (Phi) is 5.30. The van der Waals surface area contributed by atoms with Gasteiger partial charge in [0, 0.05) is 11.3 Å². The third-order valence-electron chi connectivity index (χ3n) is 4.86. The normalized spacial score (nSPS) is 10.7. The van der Waals surface area contributed by atoms with Crippen LogP contribution in [0.25, 0.3) is 22.4 Å². The molecule has 0 fully saturated rings. The van der Waals surface area contributed by atoms with E-state index in [4.69, 9.17) is 9.15 Å². The van der Waals surface area contributed by atoms with Crippen molar-refractivity contribution in [3.8, 4) is 17.2 Å². The Hall–Kier alpha value is -3.93. The van der Waals surface area contributed by atoms with Gasteiger partial charge in [0.1, 0.15) is 5.75 Å². The van der Waals surface area contributed by atoms with Crippen LogP contribution in [-0.4, -0.2) is 17.5 Å². The van der Waals surface area contributed by atoms with E-state index in [2.05, 4.69) is 10.3 Å². The molecule has 0 aliphatic heterocycles. The number of carbonyl (C=O) groups excluding carboxylic acids is 1. The van der Waals surface area contributed by atoms with Crippen LogP contribution >= 0.6 is 0 Å². The molecule has 4 rings (SSSR count). The Labute approximate surface area is 173 Å². The predicted molar refractivity (Wildman–Crippen MR) is 116 cm³/mol. The van der Waals surface area contributed by atoms with Crippen LogP contribution in [0.15, 0.2) is 75.9 Å². The lowest BCUT2D eigenvalue weighted by molar-refractivity contribution is -0.118. The molecule has 0 spiro atoms. The zero-order chi connectivity index (χ0) is 21.1. The number of rotatable bonds is 5. The van der Waals surface area contributed by atoms with Crippen LogP contribution < -0.4 is 15.7 Å². The van der Waals surface area contributed by atoms with Gasteiger partial charge >= 0.3 is 5.63 Å². The lowest BCUT2D eigenvalue weighted by Crippen LogP contribution is -2.20. The summed E-state index contributed by atoms with van der Waals surface area (Å²) in [5.41, 5.74) is 3.51. The number of nitrogens with one attached hydrogen (secondary N) is 1. The van der Waals surface area contributed by atoms with Crippen molar-refractivity contribution in [2.24, 2.45) is 0 Å². The smallest absolute Gasteiger partial charge is 0.347 e. The average Bonchev–Trinajstić information content (AvgIpc) is 2.75. The summed E-state index contributed by atoms with van der Waals surface area (Å²) in [4.78, 5) is 28.8. The molecule has 3 aromatic carbocycles. The summed E-state index contributed by atoms with van der Waals surface area (Å²) in [6.07, 6.45) is 0. The molecule has 0 aliphatic rings. The standard InChI is InChI=1S/C24H20N2O4/c1-15-6-5-9-21(16(15)2)29-14-22(27)25-18-12-10-17(11-13-18)23-26-20-8-4-3-7-19(20)24(28)30-23/h3-13H,14H2,1-2H3,(H,25,27). The van der Waals surface area contributed by atoms with Crippen LogP contribution in [0.5, 0.6) is 5.75 Å². The minimum Gasteiger partial charge on any atom is -0.483 e. The van der Waals surface area contributed by atoms with Gasteiger partial charge in [0.05, 0.1) is 10.9 Å². The zero-order valence-corrected chi connectivity index (χ0v) is 16.6. The van der Waals surface area contributed by atoms with Crippen molar-refractivity contribution < 1.29 is 13.9 Å². The maximum atomic E-state index is 12.2. The van der Waals surface area contributed by atoms with Gasteiger partial charge in [0.2, 0.25) is 5.89 Å². The van der Waals surface area contributed by atoms with Gasteiger partial charge in [-0.3, -0.25) is 4.79 Å². The lowest BCUT2D eigenvalue weighted by Gasteiger charge is -2.11. The third kappa shape index (κ3) is 4.07. The highest BCUT2D eigenvalue weighted by atomic mass is 16.5. The molecular formula is C24H20N2O4. The van der Waals surface area contributed by atoms with Crippen molar-refractivity contribution in [3.05, 3.63) is 88.3 Å². The summed E-state index contributed by atoms with van der Waals surface area (Å²) in [5, 5.41) is 3.23. The number of amides is 1. The number of hydrogen-bond donors (Lipinski definition) is 1. The van der Waals surface area contributed by atoms with E-state index >= 15 is 0 Å². The number of aryl methyl sites for hydroxylation is 1. The molecule has 6 nitrogen and oxygen atoms in total. The van der Waals surface area contributed by atoms with E-state index < -0.39 is 5.63 Å². The first-order valence-corrected chi connectivity index (χ1v) is 9.50. The van der Waals surface area contributed by atoms with Gasteiger partial charge in [-0.15, -0.1) is 0 Å². The molecule has 0 bridgehead atoms. The molecule has 150 valence electrons. The topological polar surface area (TPSA) is 81.4 Å². The number of aromatic nitrogens is 1. The molecule has 1 amide bonds. The number of anilines is 1. The van der Waals surface area contributed by atoms with Gasteiger partial charge in [-0.25, -0.2) is 9.78 Å². The molecular weight excluding hydrogens is 380 g/mol. The Morgan fingerprint density at radius 2 is 1.77 bits per heavy atom. The fourth-order valence-electron chi connectivity index (χ4n) is 3.06. The highest BCUT2D eigenvalue weighted by molar-refractivity contribution is 5.92. The van der Waals surface area contributed by atoms with Crippen LogP contribution in [0.3, 0.4) is 0 Å². The molecule has 0 radical (unpaired) electrons. The molecule has 0 unspecified atom stereocenters. The Morgan fingerprint density at radius 3 is 2.57 bits per heavy atom. The highest BCUT2D eigenvalue weighted by Gasteiger charge is 2.10. The highest BCUT2D eigenvalue weighted by Crippen LogP contribution is 2.22. The maximum Gasteiger partial charge on any atom is 0.347 e. The molecule has 30 heavy (non-hydrogen) atoms. The number of nitrogens with zero attached hydrogens (tertiary/aromatic N) is 1. The van der Waals surface area contributed by atoms with E-state index in [1.807, 2.05) is 38.1 Å². The first kappa shape index (κ1) is 19.4. The maximum absolute atomic E-state index is 12.2. The number of benzene rings is 3. The van der Waals surface area contributed by atoms with Crippen molar-refractivity contribution in [1.82, 2.24) is 4.98 Å². The van der Waals surface area contributed by atoms with Gasteiger partial charge in [0.25, 0.3) is 5.91 Å². The number of carbonyl (C=O) groups is 1. The quantitative estimate of drug-likeness (QED) is 0.534. The summed E-state index contributed by atoms with van der Waals surface area (Å²) in [6, 6.07) is 19.7. The van der Waals surface area contributed by atoms with Crippen LogP contribution in [0, 0.1) is 13.8 Å². The van der Waals surface area contributed by atoms with Crippen LogP contribution in [0.4, 0.5) is 5.69 Å². The van der Waals surface area contributed by atoms with Gasteiger partial charge in [0.15, 0.2) is 6.61 Å². The molecule has 1 aromatic heterocycles. The SMILES string of the molecule is Cc1cccc(OCC(=O)Nc2ccc(-c3nc4ccccc4c(=O)o3)cc2)c1C. The van der Waals surface area contributed by atoms with Gasteiger partial charge in [-0.2, -0.15) is 0 Å². The monoisotopic (exact) mass is 400 g/mol. The van der Waals surface area contributed by atoms with Gasteiger partial charge in [-0.05, 0) is 67.4 Å². The van der Waals surface area contributed by atoms with E-state index in [0.717, 1.165) is 11.1 Å². The molecule has 1 heterocycles. The van der Waals surface area contributed by atoms with Crippen LogP contribution in [-0.2, 0) is 4.79 Å². The van der Waals surface area contributed by atoms with Crippen molar-refractivity contribution in [1.29, 1.82) is 0 Å². The predicted octanol–water partition coefficient (Wildman–Crippen LogP) is 4.49. The minimum atomic E-state index is -0.434. The fraction of sp³-hybridized carbons (Fsp3) is 0.125. The molecule has 0 saturated carbocycles. The summed E-state index contributed by atoms with van der Waals surface area (Å²) in [5.74, 6) is 0.659. The Morgan fingerprint density at radius 1 is 1.00 bits per heavy atom. The molecule has 0 aliphatic carbocycles. The second-order valence-electron chi connectivity index (χ2n) is 6.94. The Balaban J connectivity index is 1.44. The second kappa shape index (κ2) is 8.21. The van der Waals surface area contributed by atoms with E-state index in [-0.39, 0.29) is 18.4 Å². The van der Waals surface area contributed by atoms with E-state index in [1.165, 1.54) is 0 Å². The minimum absolute atomic E-state index is 0.0901. The summed E-state index contributed by atoms with van der Waals surface area (Å²) >= 11 is 0. The van der Waals surface area contributed by atoms with Crippen molar-refractivity contribution in [2.75, 3.05) is 11.9 Å². The molecule has 0 saturated heterocycles.